The summed E-state index contributed by atoms with van der Waals surface area (Å²) in [4.78, 5) is 28.0. The SMILES string of the molecule is CC(C)(C)C(=O)N1CCN(C(=O)/C=C/c2ccccc2OC(F)F)CC1. The number of nitrogens with zero attached hydrogens (tertiary/aromatic N) is 2. The van der Waals surface area contributed by atoms with Gasteiger partial charge in [0.25, 0.3) is 0 Å². The summed E-state index contributed by atoms with van der Waals surface area (Å²) >= 11 is 0. The minimum absolute atomic E-state index is 0.0205. The van der Waals surface area contributed by atoms with Crippen LogP contribution in [0, 0.1) is 5.41 Å². The average Bonchev–Trinajstić information content (AvgIpc) is 2.59. The van der Waals surface area contributed by atoms with E-state index in [4.69, 9.17) is 0 Å². The van der Waals surface area contributed by atoms with Crippen molar-refractivity contribution in [2.75, 3.05) is 26.2 Å². The number of halogens is 2. The van der Waals surface area contributed by atoms with Crippen molar-refractivity contribution in [2.45, 2.75) is 27.4 Å². The molecule has 7 heteroatoms. The Morgan fingerprint density at radius 3 is 2.23 bits per heavy atom. The highest BCUT2D eigenvalue weighted by Gasteiger charge is 2.30. The first-order valence-electron chi connectivity index (χ1n) is 8.48. The van der Waals surface area contributed by atoms with E-state index in [2.05, 4.69) is 4.74 Å². The lowest BCUT2D eigenvalue weighted by atomic mass is 9.94. The first-order chi connectivity index (χ1) is 12.2. The number of rotatable bonds is 4. The Morgan fingerprint density at radius 2 is 1.65 bits per heavy atom. The summed E-state index contributed by atoms with van der Waals surface area (Å²) in [6.07, 6.45) is 2.81. The van der Waals surface area contributed by atoms with Crippen LogP contribution in [-0.4, -0.2) is 54.4 Å². The van der Waals surface area contributed by atoms with Gasteiger partial charge < -0.3 is 14.5 Å². The molecule has 1 aromatic carbocycles. The third-order valence-electron chi connectivity index (χ3n) is 4.06. The average molecular weight is 366 g/mol. The summed E-state index contributed by atoms with van der Waals surface area (Å²) in [5.74, 6) is -0.134. The summed E-state index contributed by atoms with van der Waals surface area (Å²) in [5, 5.41) is 0. The molecule has 1 saturated heterocycles. The van der Waals surface area contributed by atoms with E-state index < -0.39 is 12.0 Å². The number of hydrogen-bond donors (Lipinski definition) is 0. The van der Waals surface area contributed by atoms with Crippen LogP contribution in [0.2, 0.25) is 0 Å². The fourth-order valence-electron chi connectivity index (χ4n) is 2.69. The highest BCUT2D eigenvalue weighted by Crippen LogP contribution is 2.22. The molecule has 0 N–H and O–H groups in total. The van der Waals surface area contributed by atoms with Gasteiger partial charge in [-0.15, -0.1) is 0 Å². The Morgan fingerprint density at radius 1 is 1.08 bits per heavy atom. The molecule has 1 fully saturated rings. The molecule has 0 atom stereocenters. The third-order valence-corrected chi connectivity index (χ3v) is 4.06. The van der Waals surface area contributed by atoms with Gasteiger partial charge in [0, 0.05) is 43.2 Å². The fraction of sp³-hybridized carbons (Fsp3) is 0.474. The van der Waals surface area contributed by atoms with E-state index in [9.17, 15) is 18.4 Å². The molecule has 0 aromatic heterocycles. The van der Waals surface area contributed by atoms with Gasteiger partial charge >= 0.3 is 6.61 Å². The van der Waals surface area contributed by atoms with Crippen molar-refractivity contribution in [3.8, 4) is 5.75 Å². The number of alkyl halides is 2. The molecular weight excluding hydrogens is 342 g/mol. The van der Waals surface area contributed by atoms with E-state index in [0.29, 0.717) is 31.7 Å². The van der Waals surface area contributed by atoms with Crippen LogP contribution in [0.4, 0.5) is 8.78 Å². The fourth-order valence-corrected chi connectivity index (χ4v) is 2.69. The maximum atomic E-state index is 12.4. The molecule has 0 spiro atoms. The number of hydrogen-bond acceptors (Lipinski definition) is 3. The monoisotopic (exact) mass is 366 g/mol. The molecule has 0 radical (unpaired) electrons. The van der Waals surface area contributed by atoms with Gasteiger partial charge in [0.05, 0.1) is 0 Å². The minimum Gasteiger partial charge on any atom is -0.434 e. The summed E-state index contributed by atoms with van der Waals surface area (Å²) in [7, 11) is 0. The highest BCUT2D eigenvalue weighted by atomic mass is 19.3. The van der Waals surface area contributed by atoms with Gasteiger partial charge in [0.2, 0.25) is 11.8 Å². The zero-order valence-corrected chi connectivity index (χ0v) is 15.2. The van der Waals surface area contributed by atoms with Gasteiger partial charge in [-0.3, -0.25) is 9.59 Å². The number of carbonyl (C=O) groups excluding carboxylic acids is 2. The quantitative estimate of drug-likeness (QED) is 0.770. The first-order valence-corrected chi connectivity index (χ1v) is 8.48. The summed E-state index contributed by atoms with van der Waals surface area (Å²) in [6, 6.07) is 6.29. The number of piperazine rings is 1. The lowest BCUT2D eigenvalue weighted by Crippen LogP contribution is -2.52. The molecule has 1 heterocycles. The molecule has 1 aliphatic heterocycles. The zero-order valence-electron chi connectivity index (χ0n) is 15.2. The molecule has 1 aromatic rings. The Bertz CT molecular complexity index is 676. The molecule has 0 unspecified atom stereocenters. The Balaban J connectivity index is 1.96. The second-order valence-electron chi connectivity index (χ2n) is 7.12. The Hall–Kier alpha value is -2.44. The second-order valence-corrected chi connectivity index (χ2v) is 7.12. The van der Waals surface area contributed by atoms with Crippen LogP contribution in [0.1, 0.15) is 26.3 Å². The van der Waals surface area contributed by atoms with Gasteiger partial charge in [-0.25, -0.2) is 0 Å². The molecular formula is C19H24F2N2O3. The predicted octanol–water partition coefficient (Wildman–Crippen LogP) is 3.02. The van der Waals surface area contributed by atoms with Gasteiger partial charge in [-0.2, -0.15) is 8.78 Å². The number of para-hydroxylation sites is 1. The minimum atomic E-state index is -2.92. The number of ether oxygens (including phenoxy) is 1. The van der Waals surface area contributed by atoms with Crippen LogP contribution >= 0.6 is 0 Å². The smallest absolute Gasteiger partial charge is 0.387 e. The number of benzene rings is 1. The van der Waals surface area contributed by atoms with Gasteiger partial charge in [0.1, 0.15) is 5.75 Å². The maximum Gasteiger partial charge on any atom is 0.387 e. The Labute approximate surface area is 152 Å². The van der Waals surface area contributed by atoms with Gasteiger partial charge in [0.15, 0.2) is 0 Å². The van der Waals surface area contributed by atoms with Crippen molar-refractivity contribution in [1.82, 2.24) is 9.80 Å². The van der Waals surface area contributed by atoms with Crippen LogP contribution in [0.3, 0.4) is 0 Å². The summed E-state index contributed by atoms with van der Waals surface area (Å²) < 4.78 is 29.3. The van der Waals surface area contributed by atoms with Crippen molar-refractivity contribution in [3.63, 3.8) is 0 Å². The molecule has 0 saturated carbocycles. The normalized spacial score (nSPS) is 15.6. The van der Waals surface area contributed by atoms with Gasteiger partial charge in [-0.05, 0) is 12.1 Å². The molecule has 0 aliphatic carbocycles. The van der Waals surface area contributed by atoms with E-state index in [0.717, 1.165) is 0 Å². The molecule has 2 amide bonds. The van der Waals surface area contributed by atoms with Crippen LogP contribution < -0.4 is 4.74 Å². The first kappa shape index (κ1) is 19.9. The summed E-state index contributed by atoms with van der Waals surface area (Å²) in [6.45, 7) is 4.55. The van der Waals surface area contributed by atoms with Crippen molar-refractivity contribution in [2.24, 2.45) is 5.41 Å². The summed E-state index contributed by atoms with van der Waals surface area (Å²) in [5.41, 5.74) is -0.0387. The van der Waals surface area contributed by atoms with Crippen LogP contribution in [-0.2, 0) is 9.59 Å². The van der Waals surface area contributed by atoms with Crippen LogP contribution in [0.5, 0.6) is 5.75 Å². The van der Waals surface area contributed by atoms with E-state index in [1.165, 1.54) is 18.2 Å². The van der Waals surface area contributed by atoms with Crippen molar-refractivity contribution >= 4 is 17.9 Å². The van der Waals surface area contributed by atoms with Crippen molar-refractivity contribution in [1.29, 1.82) is 0 Å². The second kappa shape index (κ2) is 8.29. The molecule has 142 valence electrons. The third kappa shape index (κ3) is 5.28. The predicted molar refractivity (Wildman–Crippen MR) is 94.7 cm³/mol. The lowest BCUT2D eigenvalue weighted by Gasteiger charge is -2.37. The Kier molecular flexibility index (Phi) is 6.34. The van der Waals surface area contributed by atoms with Crippen LogP contribution in [0.15, 0.2) is 30.3 Å². The largest absolute Gasteiger partial charge is 0.434 e. The zero-order chi connectivity index (χ0) is 19.3. The molecule has 5 nitrogen and oxygen atoms in total. The molecule has 26 heavy (non-hydrogen) atoms. The highest BCUT2D eigenvalue weighted by molar-refractivity contribution is 5.92. The number of carbonyl (C=O) groups is 2. The van der Waals surface area contributed by atoms with E-state index in [-0.39, 0.29) is 17.6 Å². The molecule has 1 aliphatic rings. The topological polar surface area (TPSA) is 49.9 Å². The van der Waals surface area contributed by atoms with Crippen molar-refractivity contribution < 1.29 is 23.1 Å². The van der Waals surface area contributed by atoms with Gasteiger partial charge in [-0.1, -0.05) is 39.0 Å². The number of amides is 2. The maximum absolute atomic E-state index is 12.4. The molecule has 2 rings (SSSR count). The van der Waals surface area contributed by atoms with Crippen molar-refractivity contribution in [3.05, 3.63) is 35.9 Å². The standard InChI is InChI=1S/C19H24F2N2O3/c1-19(2,3)17(25)23-12-10-22(11-13-23)16(24)9-8-14-6-4-5-7-15(14)26-18(20)21/h4-9,18H,10-13H2,1-3H3/b9-8+. The lowest BCUT2D eigenvalue weighted by molar-refractivity contribution is -0.143. The van der Waals surface area contributed by atoms with E-state index in [1.807, 2.05) is 20.8 Å². The van der Waals surface area contributed by atoms with E-state index >= 15 is 0 Å². The van der Waals surface area contributed by atoms with E-state index in [1.54, 1.807) is 28.0 Å². The van der Waals surface area contributed by atoms with Crippen LogP contribution in [0.25, 0.3) is 6.08 Å². The molecule has 0 bridgehead atoms.